The summed E-state index contributed by atoms with van der Waals surface area (Å²) in [6, 6.07) is 4.50. The Bertz CT molecular complexity index is 494. The van der Waals surface area contributed by atoms with E-state index in [1.165, 1.54) is 5.56 Å². The van der Waals surface area contributed by atoms with Gasteiger partial charge in [-0.2, -0.15) is 0 Å². The van der Waals surface area contributed by atoms with Gasteiger partial charge in [-0.1, -0.05) is 6.92 Å². The zero-order valence-corrected chi connectivity index (χ0v) is 13.2. The molecule has 5 nitrogen and oxygen atoms in total. The Hall–Kier alpha value is -1.46. The van der Waals surface area contributed by atoms with Crippen LogP contribution in [0.25, 0.3) is 0 Å². The van der Waals surface area contributed by atoms with E-state index in [1.807, 2.05) is 12.1 Å². The third-order valence-electron chi connectivity index (χ3n) is 4.85. The molecule has 0 aromatic carbocycles. The van der Waals surface area contributed by atoms with Gasteiger partial charge in [0.25, 0.3) is 0 Å². The molecule has 2 aliphatic rings. The van der Waals surface area contributed by atoms with Gasteiger partial charge in [-0.05, 0) is 43.5 Å². The number of pyridine rings is 1. The van der Waals surface area contributed by atoms with Crippen molar-refractivity contribution >= 4 is 5.91 Å². The first-order chi connectivity index (χ1) is 10.8. The summed E-state index contributed by atoms with van der Waals surface area (Å²) < 4.78 is 5.81. The molecule has 0 aliphatic carbocycles. The van der Waals surface area contributed by atoms with Crippen LogP contribution in [0.2, 0.25) is 0 Å². The number of carbonyl (C=O) groups excluding carboxylic acids is 1. The van der Waals surface area contributed by atoms with E-state index in [0.717, 1.165) is 39.0 Å². The summed E-state index contributed by atoms with van der Waals surface area (Å²) in [5.74, 6) is 0.221. The molecule has 0 saturated carbocycles. The van der Waals surface area contributed by atoms with Crippen molar-refractivity contribution in [3.63, 3.8) is 0 Å². The number of nitrogens with one attached hydrogen (secondary N) is 1. The first kappa shape index (κ1) is 15.4. The van der Waals surface area contributed by atoms with E-state index in [1.54, 1.807) is 12.4 Å². The van der Waals surface area contributed by atoms with Crippen molar-refractivity contribution in [2.24, 2.45) is 5.92 Å². The quantitative estimate of drug-likeness (QED) is 0.889. The molecule has 22 heavy (non-hydrogen) atoms. The number of likely N-dealkylation sites (tertiary alicyclic amines) is 1. The first-order valence-electron chi connectivity index (χ1n) is 8.30. The number of rotatable bonds is 5. The van der Waals surface area contributed by atoms with Crippen LogP contribution in [0.1, 0.15) is 25.3 Å². The van der Waals surface area contributed by atoms with Crippen LogP contribution in [-0.2, 0) is 16.0 Å². The van der Waals surface area contributed by atoms with Crippen molar-refractivity contribution in [3.8, 4) is 0 Å². The van der Waals surface area contributed by atoms with E-state index in [4.69, 9.17) is 4.74 Å². The van der Waals surface area contributed by atoms with Crippen molar-refractivity contribution in [1.29, 1.82) is 0 Å². The lowest BCUT2D eigenvalue weighted by molar-refractivity contribution is -0.129. The second-order valence-corrected chi connectivity index (χ2v) is 6.18. The number of hydrogen-bond acceptors (Lipinski definition) is 4. The van der Waals surface area contributed by atoms with Crippen molar-refractivity contribution in [2.45, 2.75) is 38.3 Å². The largest absolute Gasteiger partial charge is 0.377 e. The molecule has 2 fully saturated rings. The molecule has 120 valence electrons. The number of likely N-dealkylation sites (N-methyl/N-ethyl adjacent to an activating group) is 1. The van der Waals surface area contributed by atoms with Gasteiger partial charge in [0.1, 0.15) is 0 Å². The van der Waals surface area contributed by atoms with Crippen LogP contribution in [-0.4, -0.2) is 54.2 Å². The topological polar surface area (TPSA) is 54.5 Å². The molecule has 1 aromatic rings. The summed E-state index contributed by atoms with van der Waals surface area (Å²) in [6.45, 7) is 5.54. The predicted octanol–water partition coefficient (Wildman–Crippen LogP) is 1.24. The van der Waals surface area contributed by atoms with Gasteiger partial charge in [0.15, 0.2) is 0 Å². The lowest BCUT2D eigenvalue weighted by atomic mass is 9.89. The second-order valence-electron chi connectivity index (χ2n) is 6.18. The minimum atomic E-state index is 0.0525. The number of ether oxygens (including phenoxy) is 1. The van der Waals surface area contributed by atoms with Crippen LogP contribution in [0.3, 0.4) is 0 Å². The van der Waals surface area contributed by atoms with E-state index in [9.17, 15) is 4.79 Å². The molecular formula is C17H25N3O2. The van der Waals surface area contributed by atoms with Gasteiger partial charge < -0.3 is 10.1 Å². The van der Waals surface area contributed by atoms with Gasteiger partial charge in [0.05, 0.1) is 12.0 Å². The standard InChI is InChI=1S/C17H25N3O2/c1-2-20-12-14(11-16-15(20)6-10-22-16)17(21)19-9-5-13-3-7-18-8-4-13/h3-4,7-8,14-16H,2,5-6,9-12H2,1H3,(H,19,21)/t14-,15+,16+/m1/s1. The monoisotopic (exact) mass is 303 g/mol. The highest BCUT2D eigenvalue weighted by Gasteiger charge is 2.41. The fraction of sp³-hybridized carbons (Fsp3) is 0.647. The van der Waals surface area contributed by atoms with Gasteiger partial charge in [0, 0.05) is 38.1 Å². The van der Waals surface area contributed by atoms with Gasteiger partial charge in [-0.25, -0.2) is 0 Å². The van der Waals surface area contributed by atoms with Crippen LogP contribution < -0.4 is 5.32 Å². The smallest absolute Gasteiger partial charge is 0.224 e. The van der Waals surface area contributed by atoms with E-state index < -0.39 is 0 Å². The Morgan fingerprint density at radius 1 is 1.45 bits per heavy atom. The Morgan fingerprint density at radius 2 is 2.27 bits per heavy atom. The zero-order chi connectivity index (χ0) is 15.4. The molecule has 0 spiro atoms. The molecule has 1 aromatic heterocycles. The number of piperidine rings is 1. The van der Waals surface area contributed by atoms with Gasteiger partial charge in [-0.3, -0.25) is 14.7 Å². The average Bonchev–Trinajstić information content (AvgIpc) is 3.03. The van der Waals surface area contributed by atoms with Crippen LogP contribution in [0.4, 0.5) is 0 Å². The minimum absolute atomic E-state index is 0.0525. The molecule has 3 atom stereocenters. The summed E-state index contributed by atoms with van der Waals surface area (Å²) in [6.07, 6.45) is 6.63. The van der Waals surface area contributed by atoms with Crippen molar-refractivity contribution in [3.05, 3.63) is 30.1 Å². The first-order valence-corrected chi connectivity index (χ1v) is 8.30. The van der Waals surface area contributed by atoms with Crippen LogP contribution in [0.5, 0.6) is 0 Å². The molecule has 3 heterocycles. The fourth-order valence-corrected chi connectivity index (χ4v) is 3.63. The molecule has 5 heteroatoms. The Morgan fingerprint density at radius 3 is 3.05 bits per heavy atom. The van der Waals surface area contributed by atoms with E-state index in [0.29, 0.717) is 12.6 Å². The second kappa shape index (κ2) is 7.20. The Balaban J connectivity index is 1.49. The molecule has 0 unspecified atom stereocenters. The molecule has 1 amide bonds. The summed E-state index contributed by atoms with van der Waals surface area (Å²) in [5, 5.41) is 3.08. The Labute approximate surface area is 132 Å². The van der Waals surface area contributed by atoms with Gasteiger partial charge in [-0.15, -0.1) is 0 Å². The molecule has 0 radical (unpaired) electrons. The lowest BCUT2D eigenvalue weighted by Crippen LogP contribution is -2.52. The number of hydrogen-bond donors (Lipinski definition) is 1. The van der Waals surface area contributed by atoms with E-state index in [2.05, 4.69) is 22.1 Å². The zero-order valence-electron chi connectivity index (χ0n) is 13.2. The number of amides is 1. The molecule has 3 rings (SSSR count). The van der Waals surface area contributed by atoms with Crippen LogP contribution in [0.15, 0.2) is 24.5 Å². The third kappa shape index (κ3) is 3.47. The average molecular weight is 303 g/mol. The maximum atomic E-state index is 12.4. The summed E-state index contributed by atoms with van der Waals surface area (Å²) in [5.41, 5.74) is 1.20. The molecule has 2 saturated heterocycles. The van der Waals surface area contributed by atoms with Crippen molar-refractivity contribution < 1.29 is 9.53 Å². The van der Waals surface area contributed by atoms with Crippen molar-refractivity contribution in [1.82, 2.24) is 15.2 Å². The summed E-state index contributed by atoms with van der Waals surface area (Å²) in [4.78, 5) is 18.8. The Kier molecular flexibility index (Phi) is 5.05. The van der Waals surface area contributed by atoms with Crippen LogP contribution >= 0.6 is 0 Å². The minimum Gasteiger partial charge on any atom is -0.377 e. The highest BCUT2D eigenvalue weighted by molar-refractivity contribution is 5.79. The predicted molar refractivity (Wildman–Crippen MR) is 84.4 cm³/mol. The highest BCUT2D eigenvalue weighted by Crippen LogP contribution is 2.31. The molecule has 2 aliphatic heterocycles. The fourth-order valence-electron chi connectivity index (χ4n) is 3.63. The van der Waals surface area contributed by atoms with Gasteiger partial charge >= 0.3 is 0 Å². The number of aromatic nitrogens is 1. The summed E-state index contributed by atoms with van der Waals surface area (Å²) in [7, 11) is 0. The maximum Gasteiger partial charge on any atom is 0.224 e. The van der Waals surface area contributed by atoms with E-state index in [-0.39, 0.29) is 17.9 Å². The molecular weight excluding hydrogens is 278 g/mol. The third-order valence-corrected chi connectivity index (χ3v) is 4.85. The number of fused-ring (bicyclic) bond motifs is 1. The molecule has 1 N–H and O–H groups in total. The summed E-state index contributed by atoms with van der Waals surface area (Å²) >= 11 is 0. The molecule has 0 bridgehead atoms. The normalized spacial score (nSPS) is 28.3. The lowest BCUT2D eigenvalue weighted by Gasteiger charge is -2.39. The number of carbonyl (C=O) groups is 1. The SMILES string of the molecule is CCN1C[C@H](C(=O)NCCc2ccncc2)C[C@@H]2OCC[C@@H]21. The number of nitrogens with zero attached hydrogens (tertiary/aromatic N) is 2. The van der Waals surface area contributed by atoms with E-state index >= 15 is 0 Å². The van der Waals surface area contributed by atoms with Crippen LogP contribution in [0, 0.1) is 5.92 Å². The van der Waals surface area contributed by atoms with Crippen molar-refractivity contribution in [2.75, 3.05) is 26.2 Å². The maximum absolute atomic E-state index is 12.4. The van der Waals surface area contributed by atoms with Gasteiger partial charge in [0.2, 0.25) is 5.91 Å². The highest BCUT2D eigenvalue weighted by atomic mass is 16.5.